The van der Waals surface area contributed by atoms with Crippen molar-refractivity contribution in [3.8, 4) is 0 Å². The van der Waals surface area contributed by atoms with Crippen LogP contribution in [-0.2, 0) is 23.1 Å². The van der Waals surface area contributed by atoms with Crippen LogP contribution in [0.2, 0.25) is 0 Å². The van der Waals surface area contributed by atoms with Gasteiger partial charge in [-0.1, -0.05) is 18.2 Å². The van der Waals surface area contributed by atoms with Crippen molar-refractivity contribution in [3.05, 3.63) is 41.6 Å². The molecule has 0 aliphatic carbocycles. The van der Waals surface area contributed by atoms with E-state index >= 15 is 0 Å². The molecule has 0 radical (unpaired) electrons. The van der Waals surface area contributed by atoms with Gasteiger partial charge in [-0.2, -0.15) is 0 Å². The Morgan fingerprint density at radius 2 is 1.70 bits per heavy atom. The first-order chi connectivity index (χ1) is 9.48. The Labute approximate surface area is 116 Å². The van der Waals surface area contributed by atoms with Gasteiger partial charge in [-0.25, -0.2) is 0 Å². The maximum Gasteiger partial charge on any atom is 0.373 e. The van der Waals surface area contributed by atoms with Crippen LogP contribution in [0.3, 0.4) is 0 Å². The number of carbonyl (C=O) groups excluding carboxylic acids is 1. The number of ether oxygens (including phenoxy) is 1. The van der Waals surface area contributed by atoms with Crippen molar-refractivity contribution in [3.63, 3.8) is 0 Å². The summed E-state index contributed by atoms with van der Waals surface area (Å²) in [5, 5.41) is 11.5. The molecule has 20 heavy (non-hydrogen) atoms. The number of nitrogens with one attached hydrogen (secondary N) is 1. The smallest absolute Gasteiger partial charge is 0.373 e. The van der Waals surface area contributed by atoms with Gasteiger partial charge in [0.2, 0.25) is 5.31 Å². The number of benzene rings is 1. The van der Waals surface area contributed by atoms with Crippen molar-refractivity contribution in [2.45, 2.75) is 0 Å². The molecule has 8 heteroatoms. The zero-order valence-corrected chi connectivity index (χ0v) is 12.2. The average Bonchev–Trinajstić information content (AvgIpc) is 2.47. The van der Waals surface area contributed by atoms with E-state index in [0.29, 0.717) is 5.69 Å². The highest BCUT2D eigenvalue weighted by molar-refractivity contribution is 7.60. The quantitative estimate of drug-likeness (QED) is 0.476. The molecule has 0 aliphatic rings. The Morgan fingerprint density at radius 1 is 1.15 bits per heavy atom. The molecule has 2 N–H and O–H groups in total. The first kappa shape index (κ1) is 16.2. The van der Waals surface area contributed by atoms with Crippen LogP contribution < -0.4 is 5.32 Å². The van der Waals surface area contributed by atoms with E-state index in [1.807, 2.05) is 0 Å². The Kier molecular flexibility index (Phi) is 5.76. The number of methoxy groups -OCH3 is 1. The van der Waals surface area contributed by atoms with Crippen molar-refractivity contribution in [1.29, 1.82) is 0 Å². The molecule has 1 aromatic rings. The summed E-state index contributed by atoms with van der Waals surface area (Å²) in [6.07, 6.45) is 0. The second-order valence-electron chi connectivity index (χ2n) is 3.54. The van der Waals surface area contributed by atoms with Crippen LogP contribution in [0.15, 0.2) is 41.6 Å². The molecule has 0 bridgehead atoms. The zero-order chi connectivity index (χ0) is 15.2. The van der Waals surface area contributed by atoms with Gasteiger partial charge in [0.25, 0.3) is 11.9 Å². The predicted molar refractivity (Wildman–Crippen MR) is 73.4 cm³/mol. The lowest BCUT2D eigenvalue weighted by atomic mass is 10.3. The minimum absolute atomic E-state index is 0.456. The summed E-state index contributed by atoms with van der Waals surface area (Å²) in [5.74, 6) is -1.67. The van der Waals surface area contributed by atoms with Gasteiger partial charge in [0.1, 0.15) is 0 Å². The van der Waals surface area contributed by atoms with E-state index in [1.165, 1.54) is 0 Å². The Hall–Kier alpha value is -1.82. The monoisotopic (exact) mass is 301 g/mol. The second-order valence-corrected chi connectivity index (χ2v) is 5.71. The van der Waals surface area contributed by atoms with Crippen LogP contribution in [0.4, 0.5) is 5.69 Å². The van der Waals surface area contributed by atoms with E-state index in [-0.39, 0.29) is 0 Å². The van der Waals surface area contributed by atoms with Gasteiger partial charge in [0.15, 0.2) is 0 Å². The third-order valence-corrected chi connectivity index (χ3v) is 4.30. The summed E-state index contributed by atoms with van der Waals surface area (Å²) >= 11 is 0. The lowest BCUT2D eigenvalue weighted by molar-refractivity contribution is -0.112. The van der Waals surface area contributed by atoms with Gasteiger partial charge in [0, 0.05) is 19.9 Å². The second kappa shape index (κ2) is 7.09. The number of anilines is 1. The molecule has 0 unspecified atom stereocenters. The highest BCUT2D eigenvalue weighted by atomic mass is 31.2. The number of amides is 1. The van der Waals surface area contributed by atoms with Gasteiger partial charge < -0.3 is 24.2 Å². The number of aliphatic hydroxyl groups excluding tert-OH is 1. The maximum atomic E-state index is 12.3. The molecule has 0 aromatic heterocycles. The number of hydrogen-bond donors (Lipinski definition) is 2. The van der Waals surface area contributed by atoms with Gasteiger partial charge in [0.05, 0.1) is 7.11 Å². The Balaban J connectivity index is 3.14. The molecular weight excluding hydrogens is 285 g/mol. The molecule has 0 heterocycles. The van der Waals surface area contributed by atoms with Crippen LogP contribution in [0.25, 0.3) is 0 Å². The predicted octanol–water partition coefficient (Wildman–Crippen LogP) is 2.48. The standard InChI is InChI=1S/C12H16NO6P/c1-17-12(15)10(20(16,18-2)19-3)11(14)13-9-7-5-4-6-8-9/h4-8,15H,1-3H3,(H,13,14)/b12-10-. The van der Waals surface area contributed by atoms with Gasteiger partial charge in [-0.15, -0.1) is 0 Å². The summed E-state index contributed by atoms with van der Waals surface area (Å²) in [7, 11) is -0.638. The third kappa shape index (κ3) is 3.60. The number of rotatable bonds is 6. The van der Waals surface area contributed by atoms with Crippen LogP contribution in [0.1, 0.15) is 0 Å². The lowest BCUT2D eigenvalue weighted by Crippen LogP contribution is -2.18. The number of aliphatic hydroxyl groups is 1. The van der Waals surface area contributed by atoms with Crippen molar-refractivity contribution >= 4 is 19.2 Å². The summed E-state index contributed by atoms with van der Waals surface area (Å²) < 4.78 is 26.3. The fourth-order valence-electron chi connectivity index (χ4n) is 1.40. The number of hydrogen-bond acceptors (Lipinski definition) is 6. The van der Waals surface area contributed by atoms with E-state index in [2.05, 4.69) is 10.1 Å². The maximum absolute atomic E-state index is 12.3. The summed E-state index contributed by atoms with van der Waals surface area (Å²) in [5.41, 5.74) is 0.456. The average molecular weight is 301 g/mol. The molecule has 1 aromatic carbocycles. The van der Waals surface area contributed by atoms with E-state index < -0.39 is 24.8 Å². The molecule has 0 atom stereocenters. The summed E-state index contributed by atoms with van der Waals surface area (Å²) in [6.45, 7) is 0. The van der Waals surface area contributed by atoms with Crippen molar-refractivity contribution in [1.82, 2.24) is 0 Å². The Bertz CT molecular complexity index is 534. The van der Waals surface area contributed by atoms with Crippen LogP contribution in [0.5, 0.6) is 0 Å². The molecule has 7 nitrogen and oxygen atoms in total. The normalized spacial score (nSPS) is 12.6. The topological polar surface area (TPSA) is 94.1 Å². The molecule has 0 saturated heterocycles. The molecule has 0 aliphatic heterocycles. The first-order valence-corrected chi connectivity index (χ1v) is 7.08. The molecule has 1 rings (SSSR count). The van der Waals surface area contributed by atoms with E-state index in [1.54, 1.807) is 30.3 Å². The van der Waals surface area contributed by atoms with Crippen molar-refractivity contribution in [2.75, 3.05) is 26.6 Å². The number of para-hydroxylation sites is 1. The first-order valence-electron chi connectivity index (χ1n) is 5.54. The van der Waals surface area contributed by atoms with E-state index in [4.69, 9.17) is 9.05 Å². The third-order valence-electron chi connectivity index (χ3n) is 2.40. The number of carbonyl (C=O) groups is 1. The largest absolute Gasteiger partial charge is 0.480 e. The highest BCUT2D eigenvalue weighted by Crippen LogP contribution is 2.55. The SMILES string of the molecule is CO/C(O)=C(/C(=O)Nc1ccccc1)P(=O)(OC)OC. The Morgan fingerprint density at radius 3 is 2.15 bits per heavy atom. The zero-order valence-electron chi connectivity index (χ0n) is 11.3. The fourth-order valence-corrected chi connectivity index (χ4v) is 2.55. The van der Waals surface area contributed by atoms with Gasteiger partial charge in [-0.3, -0.25) is 9.36 Å². The minimum atomic E-state index is -3.96. The highest BCUT2D eigenvalue weighted by Gasteiger charge is 2.38. The van der Waals surface area contributed by atoms with Crippen molar-refractivity contribution in [2.24, 2.45) is 0 Å². The van der Waals surface area contributed by atoms with Crippen molar-refractivity contribution < 1.29 is 28.3 Å². The lowest BCUT2D eigenvalue weighted by Gasteiger charge is -2.17. The molecule has 0 saturated carbocycles. The van der Waals surface area contributed by atoms with Crippen LogP contribution >= 0.6 is 7.60 Å². The molecule has 1 amide bonds. The summed E-state index contributed by atoms with van der Waals surface area (Å²) in [6, 6.07) is 8.45. The molecular formula is C12H16NO6P. The summed E-state index contributed by atoms with van der Waals surface area (Å²) in [4.78, 5) is 12.1. The van der Waals surface area contributed by atoms with Gasteiger partial charge >= 0.3 is 7.60 Å². The van der Waals surface area contributed by atoms with E-state index in [0.717, 1.165) is 21.3 Å². The fraction of sp³-hybridized carbons (Fsp3) is 0.250. The van der Waals surface area contributed by atoms with Crippen LogP contribution in [-0.4, -0.2) is 32.3 Å². The van der Waals surface area contributed by atoms with Crippen LogP contribution in [0, 0.1) is 0 Å². The molecule has 110 valence electrons. The van der Waals surface area contributed by atoms with E-state index in [9.17, 15) is 14.5 Å². The minimum Gasteiger partial charge on any atom is -0.480 e. The molecule has 0 fully saturated rings. The molecule has 0 spiro atoms. The van der Waals surface area contributed by atoms with Gasteiger partial charge in [-0.05, 0) is 12.1 Å².